The van der Waals surface area contributed by atoms with Crippen molar-refractivity contribution in [3.8, 4) is 17.3 Å². The number of sulfonamides is 1. The topological polar surface area (TPSA) is 100 Å². The van der Waals surface area contributed by atoms with Crippen LogP contribution in [-0.2, 0) is 14.8 Å². The average Bonchev–Trinajstić information content (AvgIpc) is 3.35. The highest BCUT2D eigenvalue weighted by molar-refractivity contribution is 9.10. The molecular formula is C27H22BrN5O3S2. The Morgan fingerprint density at radius 3 is 2.32 bits per heavy atom. The molecule has 5 rings (SSSR count). The van der Waals surface area contributed by atoms with E-state index in [1.165, 1.54) is 15.6 Å². The molecule has 0 amide bonds. The highest BCUT2D eigenvalue weighted by Gasteiger charge is 2.26. The molecule has 1 aliphatic heterocycles. The fraction of sp³-hybridized carbons (Fsp3) is 0.148. The number of hydrogen-bond acceptors (Lipinski definition) is 7. The first-order valence-corrected chi connectivity index (χ1v) is 14.8. The van der Waals surface area contributed by atoms with Crippen molar-refractivity contribution in [3.63, 3.8) is 0 Å². The van der Waals surface area contributed by atoms with Gasteiger partial charge >= 0.3 is 0 Å². The summed E-state index contributed by atoms with van der Waals surface area (Å²) in [4.78, 5) is 5.62. The van der Waals surface area contributed by atoms with Gasteiger partial charge in [0.2, 0.25) is 14.8 Å². The summed E-state index contributed by atoms with van der Waals surface area (Å²) in [6, 6.07) is 23.7. The Hall–Kier alpha value is -3.40. The predicted molar refractivity (Wildman–Crippen MR) is 151 cm³/mol. The molecule has 0 unspecified atom stereocenters. The van der Waals surface area contributed by atoms with Gasteiger partial charge in [-0.1, -0.05) is 40.2 Å². The van der Waals surface area contributed by atoms with Crippen LogP contribution in [0.5, 0.6) is 0 Å². The largest absolute Gasteiger partial charge is 0.379 e. The minimum absolute atomic E-state index is 0.229. The molecule has 3 aromatic carbocycles. The first-order valence-electron chi connectivity index (χ1n) is 11.7. The molecule has 0 atom stereocenters. The van der Waals surface area contributed by atoms with Gasteiger partial charge in [-0.15, -0.1) is 11.3 Å². The molecule has 8 nitrogen and oxygen atoms in total. The van der Waals surface area contributed by atoms with E-state index in [1.54, 1.807) is 47.3 Å². The monoisotopic (exact) mass is 607 g/mol. The van der Waals surface area contributed by atoms with Crippen molar-refractivity contribution in [2.45, 2.75) is 4.90 Å². The normalized spacial score (nSPS) is 15.1. The van der Waals surface area contributed by atoms with Crippen LogP contribution < -0.4 is 4.80 Å². The van der Waals surface area contributed by atoms with Crippen LogP contribution >= 0.6 is 27.3 Å². The molecule has 38 heavy (non-hydrogen) atoms. The van der Waals surface area contributed by atoms with Crippen LogP contribution in [0.4, 0.5) is 5.69 Å². The molecular weight excluding hydrogens is 586 g/mol. The van der Waals surface area contributed by atoms with Crippen LogP contribution in [0.2, 0.25) is 0 Å². The van der Waals surface area contributed by atoms with Gasteiger partial charge in [0.05, 0.1) is 47.3 Å². The molecule has 0 radical (unpaired) electrons. The van der Waals surface area contributed by atoms with E-state index in [9.17, 15) is 8.42 Å². The smallest absolute Gasteiger partial charge is 0.243 e. The second-order valence-electron chi connectivity index (χ2n) is 8.32. The lowest BCUT2D eigenvalue weighted by atomic mass is 10.2. The lowest BCUT2D eigenvalue weighted by Crippen LogP contribution is -2.40. The molecule has 4 aromatic rings. The number of benzene rings is 3. The number of aromatic nitrogens is 1. The third-order valence-corrected chi connectivity index (χ3v) is 9.11. The zero-order chi connectivity index (χ0) is 26.5. The minimum Gasteiger partial charge on any atom is -0.379 e. The van der Waals surface area contributed by atoms with Gasteiger partial charge in [-0.25, -0.2) is 18.1 Å². The Bertz CT molecular complexity index is 1660. The molecule has 0 aliphatic carbocycles. The molecule has 192 valence electrons. The van der Waals surface area contributed by atoms with Gasteiger partial charge in [0.1, 0.15) is 0 Å². The summed E-state index contributed by atoms with van der Waals surface area (Å²) in [6.07, 6.45) is 1.72. The first-order chi connectivity index (χ1) is 18.4. The maximum absolute atomic E-state index is 13.0. The van der Waals surface area contributed by atoms with Crippen LogP contribution in [0.15, 0.2) is 97.6 Å². The molecule has 1 aliphatic rings. The standard InChI is InChI=1S/C27H22BrN5O3S2/c28-23-7-5-22(6-8-23)26-19-37-27(33(26)30-18-21-3-1-20(17-29)2-4-21)31-24-9-11-25(12-10-24)38(34,35)32-13-15-36-16-14-32/h1-12,18-19H,13-16H2. The Labute approximate surface area is 233 Å². The van der Waals surface area contributed by atoms with Crippen molar-refractivity contribution in [1.82, 2.24) is 8.98 Å². The number of hydrogen-bond donors (Lipinski definition) is 0. The first kappa shape index (κ1) is 26.2. The van der Waals surface area contributed by atoms with Crippen molar-refractivity contribution in [2.75, 3.05) is 26.3 Å². The van der Waals surface area contributed by atoms with E-state index in [-0.39, 0.29) is 4.90 Å². The van der Waals surface area contributed by atoms with Gasteiger partial charge in [-0.05, 0) is 54.1 Å². The lowest BCUT2D eigenvalue weighted by Gasteiger charge is -2.26. The number of morpholine rings is 1. The van der Waals surface area contributed by atoms with Crippen molar-refractivity contribution in [1.29, 1.82) is 5.26 Å². The summed E-state index contributed by atoms with van der Waals surface area (Å²) in [5, 5.41) is 15.7. The molecule has 2 heterocycles. The minimum atomic E-state index is -3.58. The van der Waals surface area contributed by atoms with E-state index in [0.29, 0.717) is 42.4 Å². The number of ether oxygens (including phenoxy) is 1. The summed E-state index contributed by atoms with van der Waals surface area (Å²) in [5.41, 5.74) is 3.86. The molecule has 0 bridgehead atoms. The van der Waals surface area contributed by atoms with Crippen molar-refractivity contribution >= 4 is 49.2 Å². The van der Waals surface area contributed by atoms with E-state index in [0.717, 1.165) is 21.3 Å². The Kier molecular flexibility index (Phi) is 7.97. The molecule has 0 spiro atoms. The Morgan fingerprint density at radius 2 is 1.66 bits per heavy atom. The van der Waals surface area contributed by atoms with E-state index in [1.807, 2.05) is 41.8 Å². The van der Waals surface area contributed by atoms with E-state index in [4.69, 9.17) is 20.1 Å². The third kappa shape index (κ3) is 5.85. The SMILES string of the molecule is N#Cc1ccc(C=Nn2c(-c3ccc(Br)cc3)csc2=Nc2ccc(S(=O)(=O)N3CCOCC3)cc2)cc1. The van der Waals surface area contributed by atoms with E-state index >= 15 is 0 Å². The van der Waals surface area contributed by atoms with Crippen LogP contribution in [0.25, 0.3) is 11.3 Å². The average molecular weight is 609 g/mol. The number of nitrogens with zero attached hydrogens (tertiary/aromatic N) is 5. The number of halogens is 1. The van der Waals surface area contributed by atoms with Gasteiger partial charge < -0.3 is 4.74 Å². The second-order valence-corrected chi connectivity index (χ2v) is 12.0. The number of thiazole rings is 1. The highest BCUT2D eigenvalue weighted by Crippen LogP contribution is 2.24. The molecule has 1 saturated heterocycles. The summed E-state index contributed by atoms with van der Waals surface area (Å²) >= 11 is 4.91. The van der Waals surface area contributed by atoms with Crippen LogP contribution in [0, 0.1) is 11.3 Å². The molecule has 1 fully saturated rings. The highest BCUT2D eigenvalue weighted by atomic mass is 79.9. The maximum atomic E-state index is 13.0. The lowest BCUT2D eigenvalue weighted by molar-refractivity contribution is 0.0730. The van der Waals surface area contributed by atoms with Crippen molar-refractivity contribution in [2.24, 2.45) is 10.1 Å². The zero-order valence-corrected chi connectivity index (χ0v) is 23.3. The van der Waals surface area contributed by atoms with Gasteiger partial charge in [0.15, 0.2) is 0 Å². The maximum Gasteiger partial charge on any atom is 0.243 e. The van der Waals surface area contributed by atoms with Gasteiger partial charge in [-0.2, -0.15) is 14.7 Å². The summed E-state index contributed by atoms with van der Waals surface area (Å²) in [7, 11) is -3.58. The quantitative estimate of drug-likeness (QED) is 0.288. The number of nitriles is 1. The van der Waals surface area contributed by atoms with Crippen LogP contribution in [-0.4, -0.2) is 49.9 Å². The second kappa shape index (κ2) is 11.6. The van der Waals surface area contributed by atoms with Crippen LogP contribution in [0.3, 0.4) is 0 Å². The van der Waals surface area contributed by atoms with E-state index < -0.39 is 10.0 Å². The Morgan fingerprint density at radius 1 is 0.974 bits per heavy atom. The van der Waals surface area contributed by atoms with E-state index in [2.05, 4.69) is 22.0 Å². The molecule has 0 saturated carbocycles. The van der Waals surface area contributed by atoms with Gasteiger partial charge in [-0.3, -0.25) is 0 Å². The predicted octanol–water partition coefficient (Wildman–Crippen LogP) is 4.99. The van der Waals surface area contributed by atoms with Crippen LogP contribution in [0.1, 0.15) is 11.1 Å². The van der Waals surface area contributed by atoms with Gasteiger partial charge in [0, 0.05) is 28.5 Å². The van der Waals surface area contributed by atoms with Gasteiger partial charge in [0.25, 0.3) is 0 Å². The summed E-state index contributed by atoms with van der Waals surface area (Å²) in [5.74, 6) is 0. The third-order valence-electron chi connectivity index (χ3n) is 5.86. The molecule has 11 heteroatoms. The molecule has 0 N–H and O–H groups in total. The van der Waals surface area contributed by atoms with Crippen molar-refractivity contribution < 1.29 is 13.2 Å². The zero-order valence-electron chi connectivity index (χ0n) is 20.1. The Balaban J connectivity index is 1.51. The fourth-order valence-corrected chi connectivity index (χ4v) is 6.34. The summed E-state index contributed by atoms with van der Waals surface area (Å²) < 4.78 is 35.4. The number of rotatable bonds is 6. The summed E-state index contributed by atoms with van der Waals surface area (Å²) in [6.45, 7) is 1.49. The fourth-order valence-electron chi connectivity index (χ4n) is 3.81. The molecule has 1 aromatic heterocycles. The van der Waals surface area contributed by atoms with Crippen molar-refractivity contribution in [3.05, 3.63) is 98.6 Å².